The minimum Gasteiger partial charge on any atom is -1.00 e. The van der Waals surface area contributed by atoms with Crippen LogP contribution in [0, 0.1) is 17.1 Å². The van der Waals surface area contributed by atoms with E-state index in [1.54, 1.807) is 0 Å². The molecule has 0 N–H and O–H groups in total. The number of sulfone groups is 1. The molecule has 0 bridgehead atoms. The van der Waals surface area contributed by atoms with Crippen molar-refractivity contribution in [2.24, 2.45) is 0 Å². The SMILES string of the molecule is N#CCS(=O)(=O)c1ccccc1F.[H-].[Na+]. The number of nitriles is 1. The third kappa shape index (κ3) is 3.07. The van der Waals surface area contributed by atoms with E-state index in [1.165, 1.54) is 18.2 Å². The summed E-state index contributed by atoms with van der Waals surface area (Å²) < 4.78 is 35.3. The van der Waals surface area contributed by atoms with Crippen molar-refractivity contribution in [1.82, 2.24) is 0 Å². The van der Waals surface area contributed by atoms with E-state index in [9.17, 15) is 12.8 Å². The first-order chi connectivity index (χ1) is 6.08. The fraction of sp³-hybridized carbons (Fsp3) is 0.125. The molecular formula is C8H7FNNaO2S. The molecule has 70 valence electrons. The summed E-state index contributed by atoms with van der Waals surface area (Å²) in [5.41, 5.74) is 0. The Balaban J connectivity index is 0. The summed E-state index contributed by atoms with van der Waals surface area (Å²) in [6.07, 6.45) is 0. The Kier molecular flexibility index (Phi) is 5.31. The van der Waals surface area contributed by atoms with Crippen LogP contribution in [0.1, 0.15) is 1.43 Å². The average molecular weight is 223 g/mol. The maximum Gasteiger partial charge on any atom is 1.00 e. The molecule has 0 aliphatic rings. The molecule has 0 atom stereocenters. The fourth-order valence-electron chi connectivity index (χ4n) is 0.860. The van der Waals surface area contributed by atoms with Crippen molar-refractivity contribution in [3.63, 3.8) is 0 Å². The number of rotatable bonds is 2. The van der Waals surface area contributed by atoms with Crippen molar-refractivity contribution in [3.8, 4) is 6.07 Å². The van der Waals surface area contributed by atoms with E-state index < -0.39 is 26.3 Å². The average Bonchev–Trinajstić information content (AvgIpc) is 2.04. The fourth-order valence-corrected chi connectivity index (χ4v) is 1.84. The summed E-state index contributed by atoms with van der Waals surface area (Å²) in [5.74, 6) is -1.52. The van der Waals surface area contributed by atoms with E-state index >= 15 is 0 Å². The summed E-state index contributed by atoms with van der Waals surface area (Å²) in [7, 11) is -3.78. The second kappa shape index (κ2) is 5.47. The van der Waals surface area contributed by atoms with E-state index in [0.717, 1.165) is 12.1 Å². The monoisotopic (exact) mass is 223 g/mol. The van der Waals surface area contributed by atoms with E-state index in [4.69, 9.17) is 5.26 Å². The molecular weight excluding hydrogens is 216 g/mol. The molecule has 0 aliphatic heterocycles. The first kappa shape index (κ1) is 13.6. The van der Waals surface area contributed by atoms with Crippen LogP contribution in [0.3, 0.4) is 0 Å². The zero-order valence-corrected chi connectivity index (χ0v) is 10.4. The molecule has 14 heavy (non-hydrogen) atoms. The summed E-state index contributed by atoms with van der Waals surface area (Å²) in [4.78, 5) is -0.420. The third-order valence-corrected chi connectivity index (χ3v) is 2.94. The van der Waals surface area contributed by atoms with Crippen LogP contribution in [-0.2, 0) is 9.84 Å². The number of nitrogens with zero attached hydrogens (tertiary/aromatic N) is 1. The van der Waals surface area contributed by atoms with Gasteiger partial charge in [0.25, 0.3) is 0 Å². The Morgan fingerprint density at radius 3 is 2.50 bits per heavy atom. The van der Waals surface area contributed by atoms with E-state index in [2.05, 4.69) is 0 Å². The van der Waals surface area contributed by atoms with Crippen molar-refractivity contribution >= 4 is 9.84 Å². The Labute approximate surface area is 105 Å². The zero-order valence-electron chi connectivity index (χ0n) is 8.57. The molecule has 0 aromatic heterocycles. The van der Waals surface area contributed by atoms with Gasteiger partial charge in [0.2, 0.25) is 0 Å². The molecule has 6 heteroatoms. The van der Waals surface area contributed by atoms with Gasteiger partial charge in [-0.2, -0.15) is 5.26 Å². The Morgan fingerprint density at radius 2 is 2.00 bits per heavy atom. The molecule has 1 aromatic rings. The van der Waals surface area contributed by atoms with E-state index in [1.807, 2.05) is 0 Å². The summed E-state index contributed by atoms with van der Waals surface area (Å²) in [5, 5.41) is 8.20. The van der Waals surface area contributed by atoms with Crippen molar-refractivity contribution in [2.75, 3.05) is 5.75 Å². The summed E-state index contributed by atoms with van der Waals surface area (Å²) in [6.45, 7) is 0. The molecule has 0 spiro atoms. The molecule has 0 aliphatic carbocycles. The van der Waals surface area contributed by atoms with Crippen molar-refractivity contribution < 1.29 is 43.8 Å². The van der Waals surface area contributed by atoms with Gasteiger partial charge in [0.05, 0.1) is 6.07 Å². The summed E-state index contributed by atoms with van der Waals surface area (Å²) in [6, 6.07) is 6.47. The maximum absolute atomic E-state index is 12.9. The van der Waals surface area contributed by atoms with Crippen molar-refractivity contribution in [3.05, 3.63) is 30.1 Å². The van der Waals surface area contributed by atoms with Gasteiger partial charge in [-0.05, 0) is 12.1 Å². The van der Waals surface area contributed by atoms with Crippen molar-refractivity contribution in [2.45, 2.75) is 4.90 Å². The molecule has 0 amide bonds. The van der Waals surface area contributed by atoms with Crippen LogP contribution in [-0.4, -0.2) is 14.2 Å². The minimum atomic E-state index is -3.78. The molecule has 0 saturated carbocycles. The first-order valence-electron chi connectivity index (χ1n) is 3.42. The van der Waals surface area contributed by atoms with Gasteiger partial charge >= 0.3 is 29.6 Å². The van der Waals surface area contributed by atoms with Crippen LogP contribution < -0.4 is 29.6 Å². The Hall–Kier alpha value is -0.410. The molecule has 0 radical (unpaired) electrons. The van der Waals surface area contributed by atoms with Gasteiger partial charge in [0.15, 0.2) is 9.84 Å². The molecule has 0 saturated heterocycles. The maximum atomic E-state index is 12.9. The van der Waals surface area contributed by atoms with Crippen LogP contribution >= 0.6 is 0 Å². The third-order valence-electron chi connectivity index (χ3n) is 1.43. The largest absolute Gasteiger partial charge is 1.00 e. The van der Waals surface area contributed by atoms with Gasteiger partial charge in [0.1, 0.15) is 16.5 Å². The van der Waals surface area contributed by atoms with Gasteiger partial charge in [0, 0.05) is 0 Å². The molecule has 0 fully saturated rings. The predicted octanol–water partition coefficient (Wildman–Crippen LogP) is -1.76. The minimum absolute atomic E-state index is 0. The van der Waals surface area contributed by atoms with Gasteiger partial charge in [-0.15, -0.1) is 0 Å². The Bertz CT molecular complexity index is 458. The van der Waals surface area contributed by atoms with Gasteiger partial charge in [-0.1, -0.05) is 12.1 Å². The first-order valence-corrected chi connectivity index (χ1v) is 5.07. The van der Waals surface area contributed by atoms with Crippen LogP contribution in [0.25, 0.3) is 0 Å². The van der Waals surface area contributed by atoms with Crippen LogP contribution in [0.5, 0.6) is 0 Å². The second-order valence-corrected chi connectivity index (χ2v) is 4.31. The van der Waals surface area contributed by atoms with Crippen molar-refractivity contribution in [1.29, 1.82) is 5.26 Å². The smallest absolute Gasteiger partial charge is 1.00 e. The topological polar surface area (TPSA) is 57.9 Å². The summed E-state index contributed by atoms with van der Waals surface area (Å²) >= 11 is 0. The second-order valence-electron chi connectivity index (χ2n) is 2.35. The molecule has 0 unspecified atom stereocenters. The number of hydrogen-bond donors (Lipinski definition) is 0. The number of benzene rings is 1. The quantitative estimate of drug-likeness (QED) is 0.558. The van der Waals surface area contributed by atoms with Gasteiger partial charge < -0.3 is 1.43 Å². The molecule has 1 rings (SSSR count). The van der Waals surface area contributed by atoms with E-state index in [-0.39, 0.29) is 31.0 Å². The van der Waals surface area contributed by atoms with Crippen LogP contribution in [0.2, 0.25) is 0 Å². The molecule has 1 aromatic carbocycles. The number of halogens is 1. The Morgan fingerprint density at radius 1 is 1.43 bits per heavy atom. The molecule has 3 nitrogen and oxygen atoms in total. The predicted molar refractivity (Wildman–Crippen MR) is 45.2 cm³/mol. The zero-order chi connectivity index (χ0) is 9.90. The van der Waals surface area contributed by atoms with Crippen LogP contribution in [0.15, 0.2) is 29.2 Å². The van der Waals surface area contributed by atoms with Gasteiger partial charge in [-0.3, -0.25) is 0 Å². The normalized spacial score (nSPS) is 10.0. The van der Waals surface area contributed by atoms with Crippen LogP contribution in [0.4, 0.5) is 4.39 Å². The standard InChI is InChI=1S/C8H6FNO2S.Na.H/c9-7-3-1-2-4-8(7)13(11,12)6-5-10;;/h1-4H,6H2;;/q;+1;-1. The number of hydrogen-bond acceptors (Lipinski definition) is 3. The molecule has 0 heterocycles. The van der Waals surface area contributed by atoms with Gasteiger partial charge in [-0.25, -0.2) is 12.8 Å². The van der Waals surface area contributed by atoms with E-state index in [0.29, 0.717) is 0 Å².